The van der Waals surface area contributed by atoms with Crippen LogP contribution in [0.25, 0.3) is 10.2 Å². The Bertz CT molecular complexity index is 661. The summed E-state index contributed by atoms with van der Waals surface area (Å²) in [6.45, 7) is 0.601. The van der Waals surface area contributed by atoms with E-state index in [0.29, 0.717) is 6.54 Å². The highest BCUT2D eigenvalue weighted by Crippen LogP contribution is 2.38. The van der Waals surface area contributed by atoms with E-state index >= 15 is 0 Å². The number of anilines is 1. The lowest BCUT2D eigenvalue weighted by Gasteiger charge is -2.23. The van der Waals surface area contributed by atoms with Crippen molar-refractivity contribution in [1.29, 1.82) is 0 Å². The maximum atomic E-state index is 10.5. The van der Waals surface area contributed by atoms with Crippen LogP contribution in [0.15, 0.2) is 6.33 Å². The number of hydrogen-bond acceptors (Lipinski definition) is 5. The summed E-state index contributed by atoms with van der Waals surface area (Å²) in [5, 5.41) is 15.1. The van der Waals surface area contributed by atoms with Gasteiger partial charge in [0, 0.05) is 11.4 Å². The fourth-order valence-electron chi connectivity index (χ4n) is 3.68. The van der Waals surface area contributed by atoms with Gasteiger partial charge in [0.25, 0.3) is 0 Å². The Balaban J connectivity index is 1.66. The van der Waals surface area contributed by atoms with E-state index in [0.717, 1.165) is 42.8 Å². The molecule has 0 aromatic carbocycles. The Morgan fingerprint density at radius 2 is 1.95 bits per heavy atom. The molecule has 2 aliphatic carbocycles. The molecule has 2 heterocycles. The second-order valence-corrected chi connectivity index (χ2v) is 7.48. The van der Waals surface area contributed by atoms with Gasteiger partial charge in [-0.1, -0.05) is 12.8 Å². The van der Waals surface area contributed by atoms with Crippen molar-refractivity contribution in [3.05, 3.63) is 16.8 Å². The number of nitrogens with one attached hydrogen (secondary N) is 1. The molecule has 0 radical (unpaired) electrons. The molecule has 21 heavy (non-hydrogen) atoms. The molecule has 0 unspecified atom stereocenters. The molecule has 2 aromatic heterocycles. The van der Waals surface area contributed by atoms with Crippen molar-refractivity contribution in [2.45, 2.75) is 57.0 Å². The van der Waals surface area contributed by atoms with Crippen LogP contribution in [0.2, 0.25) is 0 Å². The lowest BCUT2D eigenvalue weighted by atomic mass is 9.97. The minimum absolute atomic E-state index is 0.548. The largest absolute Gasteiger partial charge is 0.388 e. The predicted octanol–water partition coefficient (Wildman–Crippen LogP) is 3.29. The number of aryl methyl sites for hydroxylation is 2. The second-order valence-electron chi connectivity index (χ2n) is 6.40. The van der Waals surface area contributed by atoms with Crippen molar-refractivity contribution < 1.29 is 5.11 Å². The fraction of sp³-hybridized carbons (Fsp3) is 0.625. The van der Waals surface area contributed by atoms with Gasteiger partial charge in [0.15, 0.2) is 0 Å². The molecule has 1 saturated carbocycles. The van der Waals surface area contributed by atoms with Crippen LogP contribution in [0.4, 0.5) is 5.82 Å². The number of hydrogen-bond donors (Lipinski definition) is 2. The summed E-state index contributed by atoms with van der Waals surface area (Å²) >= 11 is 1.82. The molecule has 4 rings (SSSR count). The topological polar surface area (TPSA) is 58.0 Å². The zero-order valence-corrected chi connectivity index (χ0v) is 13.0. The molecule has 1 fully saturated rings. The van der Waals surface area contributed by atoms with Gasteiger partial charge in [-0.2, -0.15) is 0 Å². The first kappa shape index (κ1) is 13.5. The molecule has 2 aromatic rings. The number of nitrogens with zero attached hydrogens (tertiary/aromatic N) is 2. The van der Waals surface area contributed by atoms with E-state index in [-0.39, 0.29) is 0 Å². The quantitative estimate of drug-likeness (QED) is 0.913. The summed E-state index contributed by atoms with van der Waals surface area (Å²) < 4.78 is 0. The Hall–Kier alpha value is -1.20. The van der Waals surface area contributed by atoms with Gasteiger partial charge in [-0.25, -0.2) is 9.97 Å². The SMILES string of the molecule is OC1(CNc2ncnc3sc4c(c23)CCCC4)CCCC1. The van der Waals surface area contributed by atoms with Crippen LogP contribution >= 0.6 is 11.3 Å². The van der Waals surface area contributed by atoms with Crippen molar-refractivity contribution >= 4 is 27.4 Å². The van der Waals surface area contributed by atoms with E-state index in [9.17, 15) is 5.11 Å². The average Bonchev–Trinajstić information content (AvgIpc) is 3.09. The van der Waals surface area contributed by atoms with Gasteiger partial charge in [-0.3, -0.25) is 0 Å². The van der Waals surface area contributed by atoms with E-state index in [1.165, 1.54) is 35.1 Å². The monoisotopic (exact) mass is 303 g/mol. The maximum absolute atomic E-state index is 10.5. The van der Waals surface area contributed by atoms with E-state index in [2.05, 4.69) is 15.3 Å². The Morgan fingerprint density at radius 1 is 1.14 bits per heavy atom. The van der Waals surface area contributed by atoms with E-state index in [1.807, 2.05) is 11.3 Å². The highest BCUT2D eigenvalue weighted by atomic mass is 32.1. The lowest BCUT2D eigenvalue weighted by molar-refractivity contribution is 0.0614. The zero-order chi connectivity index (χ0) is 14.3. The normalized spacial score (nSPS) is 20.6. The first-order valence-electron chi connectivity index (χ1n) is 7.97. The standard InChI is InChI=1S/C16H21N3OS/c20-16(7-3-4-8-16)9-17-14-13-11-5-1-2-6-12(11)21-15(13)19-10-18-14/h10,20H,1-9H2,(H,17,18,19). The molecule has 0 spiro atoms. The van der Waals surface area contributed by atoms with Crippen LogP contribution in [0, 0.1) is 0 Å². The zero-order valence-electron chi connectivity index (χ0n) is 12.2. The third-order valence-electron chi connectivity index (χ3n) is 4.87. The van der Waals surface area contributed by atoms with Crippen molar-refractivity contribution in [1.82, 2.24) is 9.97 Å². The summed E-state index contributed by atoms with van der Waals surface area (Å²) in [7, 11) is 0. The number of thiophene rings is 1. The van der Waals surface area contributed by atoms with Crippen LogP contribution < -0.4 is 5.32 Å². The smallest absolute Gasteiger partial charge is 0.138 e. The Labute approximate surface area is 128 Å². The molecule has 0 amide bonds. The van der Waals surface area contributed by atoms with E-state index in [4.69, 9.17) is 0 Å². The fourth-order valence-corrected chi connectivity index (χ4v) is 4.91. The van der Waals surface area contributed by atoms with Crippen LogP contribution in [0.5, 0.6) is 0 Å². The summed E-state index contributed by atoms with van der Waals surface area (Å²) in [5.41, 5.74) is 0.899. The third kappa shape index (κ3) is 2.42. The van der Waals surface area contributed by atoms with Gasteiger partial charge in [-0.05, 0) is 44.1 Å². The molecule has 5 heteroatoms. The third-order valence-corrected chi connectivity index (χ3v) is 6.07. The lowest BCUT2D eigenvalue weighted by Crippen LogP contribution is -2.33. The van der Waals surface area contributed by atoms with Crippen LogP contribution in [-0.4, -0.2) is 27.2 Å². The molecule has 112 valence electrons. The molecule has 2 N–H and O–H groups in total. The van der Waals surface area contributed by atoms with Gasteiger partial charge in [-0.15, -0.1) is 11.3 Å². The minimum Gasteiger partial charge on any atom is -0.388 e. The molecular weight excluding hydrogens is 282 g/mol. The summed E-state index contributed by atoms with van der Waals surface area (Å²) in [6, 6.07) is 0. The van der Waals surface area contributed by atoms with Crippen molar-refractivity contribution in [2.75, 3.05) is 11.9 Å². The van der Waals surface area contributed by atoms with Gasteiger partial charge < -0.3 is 10.4 Å². The van der Waals surface area contributed by atoms with Gasteiger partial charge in [0.05, 0.1) is 11.0 Å². The van der Waals surface area contributed by atoms with Gasteiger partial charge >= 0.3 is 0 Å². The van der Waals surface area contributed by atoms with Crippen molar-refractivity contribution in [3.63, 3.8) is 0 Å². The van der Waals surface area contributed by atoms with E-state index in [1.54, 1.807) is 6.33 Å². The van der Waals surface area contributed by atoms with Crippen molar-refractivity contribution in [3.8, 4) is 0 Å². The Morgan fingerprint density at radius 3 is 2.81 bits per heavy atom. The maximum Gasteiger partial charge on any atom is 0.138 e. The average molecular weight is 303 g/mol. The molecule has 0 saturated heterocycles. The first-order chi connectivity index (χ1) is 10.3. The van der Waals surface area contributed by atoms with E-state index < -0.39 is 5.60 Å². The second kappa shape index (κ2) is 5.21. The van der Waals surface area contributed by atoms with Crippen molar-refractivity contribution in [2.24, 2.45) is 0 Å². The van der Waals surface area contributed by atoms with Crippen LogP contribution in [0.3, 0.4) is 0 Å². The molecule has 0 aliphatic heterocycles. The Kier molecular flexibility index (Phi) is 3.34. The molecular formula is C16H21N3OS. The summed E-state index contributed by atoms with van der Waals surface area (Å²) in [5.74, 6) is 0.916. The van der Waals surface area contributed by atoms with Gasteiger partial charge in [0.1, 0.15) is 17.0 Å². The number of aromatic nitrogens is 2. The van der Waals surface area contributed by atoms with Crippen LogP contribution in [-0.2, 0) is 12.8 Å². The van der Waals surface area contributed by atoms with Crippen LogP contribution in [0.1, 0.15) is 49.0 Å². The number of aliphatic hydroxyl groups is 1. The number of fused-ring (bicyclic) bond motifs is 3. The molecule has 0 atom stereocenters. The molecule has 2 aliphatic rings. The molecule has 0 bridgehead atoms. The summed E-state index contributed by atoms with van der Waals surface area (Å²) in [4.78, 5) is 11.5. The highest BCUT2D eigenvalue weighted by molar-refractivity contribution is 7.19. The first-order valence-corrected chi connectivity index (χ1v) is 8.78. The predicted molar refractivity (Wildman–Crippen MR) is 86.0 cm³/mol. The highest BCUT2D eigenvalue weighted by Gasteiger charge is 2.31. The van der Waals surface area contributed by atoms with Gasteiger partial charge in [0.2, 0.25) is 0 Å². The summed E-state index contributed by atoms with van der Waals surface area (Å²) in [6.07, 6.45) is 10.6. The number of rotatable bonds is 3. The molecule has 4 nitrogen and oxygen atoms in total. The minimum atomic E-state index is -0.548.